The summed E-state index contributed by atoms with van der Waals surface area (Å²) in [5.74, 6) is 0. The molecule has 1 unspecified atom stereocenters. The quantitative estimate of drug-likeness (QED) is 0.773. The number of nitrogens with one attached hydrogen (secondary N) is 1. The lowest BCUT2D eigenvalue weighted by Gasteiger charge is -2.28. The molecular weight excluding hydrogens is 248 g/mol. The summed E-state index contributed by atoms with van der Waals surface area (Å²) in [7, 11) is 4.44. The molecule has 0 bridgehead atoms. The van der Waals surface area contributed by atoms with E-state index < -0.39 is 0 Å². The third-order valence-electron chi connectivity index (χ3n) is 4.19. The predicted molar refractivity (Wildman–Crippen MR) is 85.2 cm³/mol. The van der Waals surface area contributed by atoms with Gasteiger partial charge in [-0.2, -0.15) is 0 Å². The normalized spacial score (nSPS) is 19.4. The van der Waals surface area contributed by atoms with Crippen LogP contribution in [0.3, 0.4) is 0 Å². The third-order valence-corrected chi connectivity index (χ3v) is 4.19. The average Bonchev–Trinajstić information content (AvgIpc) is 2.85. The van der Waals surface area contributed by atoms with Gasteiger partial charge in [0.05, 0.1) is 0 Å². The second kappa shape index (κ2) is 7.60. The second-order valence-corrected chi connectivity index (χ2v) is 5.84. The highest BCUT2D eigenvalue weighted by atomic mass is 15.2. The Morgan fingerprint density at radius 1 is 1.50 bits per heavy atom. The molecule has 1 aromatic rings. The smallest absolute Gasteiger partial charge is 0.0440 e. The van der Waals surface area contributed by atoms with Gasteiger partial charge in [0, 0.05) is 49.8 Å². The van der Waals surface area contributed by atoms with Gasteiger partial charge >= 0.3 is 0 Å². The first-order valence-electron chi connectivity index (χ1n) is 7.77. The first kappa shape index (κ1) is 15.3. The molecule has 1 aliphatic heterocycles. The molecule has 1 N–H and O–H groups in total. The highest BCUT2D eigenvalue weighted by molar-refractivity contribution is 5.51. The standard InChI is InChI=1S/C16H28N4/c1-4-8-17-11-14-12-18-9-7-16(14)20(3)13-15-6-5-10-19(15)2/h7,9,12,15,17H,4-6,8,10-11,13H2,1-3H3. The number of nitrogens with zero attached hydrogens (tertiary/aromatic N) is 3. The van der Waals surface area contributed by atoms with Crippen molar-refractivity contribution in [2.24, 2.45) is 0 Å². The molecule has 2 heterocycles. The van der Waals surface area contributed by atoms with Crippen molar-refractivity contribution >= 4 is 5.69 Å². The summed E-state index contributed by atoms with van der Waals surface area (Å²) in [6, 6.07) is 2.82. The van der Waals surface area contributed by atoms with Crippen molar-refractivity contribution < 1.29 is 0 Å². The first-order chi connectivity index (χ1) is 9.72. The molecule has 4 nitrogen and oxygen atoms in total. The van der Waals surface area contributed by atoms with Crippen LogP contribution in [-0.4, -0.2) is 49.7 Å². The van der Waals surface area contributed by atoms with E-state index in [9.17, 15) is 0 Å². The van der Waals surface area contributed by atoms with Gasteiger partial charge in [0.25, 0.3) is 0 Å². The number of aromatic nitrogens is 1. The number of likely N-dealkylation sites (tertiary alicyclic amines) is 1. The van der Waals surface area contributed by atoms with Gasteiger partial charge in [0.2, 0.25) is 0 Å². The molecule has 0 saturated carbocycles. The molecular formula is C16H28N4. The number of hydrogen-bond donors (Lipinski definition) is 1. The van der Waals surface area contributed by atoms with Gasteiger partial charge < -0.3 is 15.1 Å². The second-order valence-electron chi connectivity index (χ2n) is 5.84. The van der Waals surface area contributed by atoms with Crippen LogP contribution in [0.1, 0.15) is 31.7 Å². The molecule has 1 fully saturated rings. The fraction of sp³-hybridized carbons (Fsp3) is 0.688. The zero-order chi connectivity index (χ0) is 14.4. The predicted octanol–water partition coefficient (Wildman–Crippen LogP) is 2.11. The molecule has 20 heavy (non-hydrogen) atoms. The van der Waals surface area contributed by atoms with E-state index in [2.05, 4.69) is 47.2 Å². The Morgan fingerprint density at radius 3 is 3.05 bits per heavy atom. The zero-order valence-electron chi connectivity index (χ0n) is 13.1. The molecule has 1 saturated heterocycles. The van der Waals surface area contributed by atoms with Crippen LogP contribution >= 0.6 is 0 Å². The average molecular weight is 276 g/mol. The summed E-state index contributed by atoms with van der Waals surface area (Å²) in [5.41, 5.74) is 2.60. The summed E-state index contributed by atoms with van der Waals surface area (Å²) in [6.07, 6.45) is 7.70. The highest BCUT2D eigenvalue weighted by Gasteiger charge is 2.22. The number of rotatable bonds is 7. The SMILES string of the molecule is CCCNCc1cnccc1N(C)CC1CCCN1C. The van der Waals surface area contributed by atoms with Crippen LogP contribution in [0, 0.1) is 0 Å². The molecule has 2 rings (SSSR count). The van der Waals surface area contributed by atoms with Crippen molar-refractivity contribution in [1.82, 2.24) is 15.2 Å². The van der Waals surface area contributed by atoms with Crippen LogP contribution in [-0.2, 0) is 6.54 Å². The van der Waals surface area contributed by atoms with E-state index in [1.807, 2.05) is 12.4 Å². The highest BCUT2D eigenvalue weighted by Crippen LogP contribution is 2.22. The first-order valence-corrected chi connectivity index (χ1v) is 7.77. The molecule has 0 spiro atoms. The van der Waals surface area contributed by atoms with Crippen molar-refractivity contribution in [1.29, 1.82) is 0 Å². The Labute approximate surface area is 123 Å². The maximum atomic E-state index is 4.28. The number of pyridine rings is 1. The van der Waals surface area contributed by atoms with Crippen molar-refractivity contribution in [3.05, 3.63) is 24.0 Å². The van der Waals surface area contributed by atoms with Crippen molar-refractivity contribution in [2.45, 2.75) is 38.8 Å². The molecule has 0 amide bonds. The molecule has 1 aliphatic rings. The Hall–Kier alpha value is -1.13. The largest absolute Gasteiger partial charge is 0.373 e. The van der Waals surface area contributed by atoms with Gasteiger partial charge in [-0.05, 0) is 45.5 Å². The summed E-state index contributed by atoms with van der Waals surface area (Å²) >= 11 is 0. The van der Waals surface area contributed by atoms with Gasteiger partial charge in [-0.15, -0.1) is 0 Å². The van der Waals surface area contributed by atoms with E-state index in [1.165, 1.54) is 30.6 Å². The lowest BCUT2D eigenvalue weighted by molar-refractivity contribution is 0.314. The summed E-state index contributed by atoms with van der Waals surface area (Å²) in [4.78, 5) is 9.14. The van der Waals surface area contributed by atoms with Crippen molar-refractivity contribution in [3.8, 4) is 0 Å². The number of anilines is 1. The number of hydrogen-bond acceptors (Lipinski definition) is 4. The summed E-state index contributed by atoms with van der Waals surface area (Å²) in [5, 5.41) is 3.47. The lowest BCUT2D eigenvalue weighted by atomic mass is 10.1. The van der Waals surface area contributed by atoms with Gasteiger partial charge in [0.15, 0.2) is 0 Å². The molecule has 0 aromatic carbocycles. The third kappa shape index (κ3) is 3.93. The van der Waals surface area contributed by atoms with Gasteiger partial charge in [-0.3, -0.25) is 4.98 Å². The van der Waals surface area contributed by atoms with Crippen molar-refractivity contribution in [2.75, 3.05) is 38.6 Å². The lowest BCUT2D eigenvalue weighted by Crippen LogP contribution is -2.37. The minimum atomic E-state index is 0.685. The fourth-order valence-electron chi connectivity index (χ4n) is 2.95. The molecule has 112 valence electrons. The molecule has 0 radical (unpaired) electrons. The van der Waals surface area contributed by atoms with Crippen LogP contribution in [0.2, 0.25) is 0 Å². The van der Waals surface area contributed by atoms with Crippen LogP contribution < -0.4 is 10.2 Å². The Balaban J connectivity index is 1.99. The molecule has 4 heteroatoms. The molecule has 1 atom stereocenters. The van der Waals surface area contributed by atoms with Crippen LogP contribution in [0.15, 0.2) is 18.5 Å². The van der Waals surface area contributed by atoms with E-state index in [-0.39, 0.29) is 0 Å². The van der Waals surface area contributed by atoms with Crippen LogP contribution in [0.5, 0.6) is 0 Å². The number of likely N-dealkylation sites (N-methyl/N-ethyl adjacent to an activating group) is 2. The Kier molecular flexibility index (Phi) is 5.80. The Morgan fingerprint density at radius 2 is 2.35 bits per heavy atom. The van der Waals surface area contributed by atoms with Crippen LogP contribution in [0.4, 0.5) is 5.69 Å². The minimum Gasteiger partial charge on any atom is -0.373 e. The topological polar surface area (TPSA) is 31.4 Å². The minimum absolute atomic E-state index is 0.685. The van der Waals surface area contributed by atoms with Gasteiger partial charge in [-0.25, -0.2) is 0 Å². The van der Waals surface area contributed by atoms with E-state index in [1.54, 1.807) is 0 Å². The maximum absolute atomic E-state index is 4.28. The summed E-state index contributed by atoms with van der Waals surface area (Å²) in [6.45, 7) is 6.49. The van der Waals surface area contributed by atoms with Gasteiger partial charge in [0.1, 0.15) is 0 Å². The van der Waals surface area contributed by atoms with E-state index in [0.29, 0.717) is 6.04 Å². The van der Waals surface area contributed by atoms with Crippen molar-refractivity contribution in [3.63, 3.8) is 0 Å². The van der Waals surface area contributed by atoms with Crippen LogP contribution in [0.25, 0.3) is 0 Å². The molecule has 1 aromatic heterocycles. The van der Waals surface area contributed by atoms with E-state index in [4.69, 9.17) is 0 Å². The monoisotopic (exact) mass is 276 g/mol. The maximum Gasteiger partial charge on any atom is 0.0440 e. The van der Waals surface area contributed by atoms with E-state index in [0.717, 1.165) is 26.1 Å². The Bertz CT molecular complexity index is 407. The fourth-order valence-corrected chi connectivity index (χ4v) is 2.95. The van der Waals surface area contributed by atoms with E-state index >= 15 is 0 Å². The summed E-state index contributed by atoms with van der Waals surface area (Å²) < 4.78 is 0. The molecule has 0 aliphatic carbocycles. The van der Waals surface area contributed by atoms with Gasteiger partial charge in [-0.1, -0.05) is 6.92 Å². The zero-order valence-corrected chi connectivity index (χ0v) is 13.1.